The number of phosphoric ester groups is 1. The Morgan fingerprint density at radius 2 is 1.88 bits per heavy atom. The van der Waals surface area contributed by atoms with Gasteiger partial charge in [-0.05, 0) is 12.8 Å². The summed E-state index contributed by atoms with van der Waals surface area (Å²) < 4.78 is 53.1. The van der Waals surface area contributed by atoms with Crippen LogP contribution in [0.5, 0.6) is 0 Å². The Bertz CT molecular complexity index is 1140. The number of rotatable bonds is 11. The molecule has 0 aromatic carbocycles. The van der Waals surface area contributed by atoms with Crippen molar-refractivity contribution < 1.29 is 56.3 Å². The van der Waals surface area contributed by atoms with E-state index in [1.54, 1.807) is 4.57 Å². The molecule has 0 saturated carbocycles. The molecule has 0 bridgehead atoms. The number of anilines is 1. The van der Waals surface area contributed by atoms with Crippen LogP contribution in [0.4, 0.5) is 5.95 Å². The molecule has 1 aliphatic rings. The van der Waals surface area contributed by atoms with Crippen LogP contribution in [0, 0.1) is 0 Å². The highest BCUT2D eigenvalue weighted by Crippen LogP contribution is 2.66. The van der Waals surface area contributed by atoms with Gasteiger partial charge in [-0.25, -0.2) is 23.7 Å². The molecule has 0 aliphatic carbocycles. The summed E-state index contributed by atoms with van der Waals surface area (Å²) in [5.41, 5.74) is 6.58. The van der Waals surface area contributed by atoms with E-state index >= 15 is 0 Å². The lowest BCUT2D eigenvalue weighted by molar-refractivity contribution is -0.0205. The van der Waals surface area contributed by atoms with Crippen molar-refractivity contribution >= 4 is 52.3 Å². The Morgan fingerprint density at radius 3 is 2.55 bits per heavy atom. The molecule has 33 heavy (non-hydrogen) atoms. The van der Waals surface area contributed by atoms with Gasteiger partial charge in [-0.1, -0.05) is 0 Å². The highest BCUT2D eigenvalue weighted by Gasteiger charge is 2.41. The topological polar surface area (TPSA) is 259 Å². The van der Waals surface area contributed by atoms with Crippen LogP contribution in [0.3, 0.4) is 0 Å². The quantitative estimate of drug-likeness (QED) is 0.126. The highest BCUT2D eigenvalue weighted by molar-refractivity contribution is 7.99. The number of aromatic nitrogens is 4. The van der Waals surface area contributed by atoms with Crippen molar-refractivity contribution in [2.24, 2.45) is 0 Å². The number of ether oxygens (including phenoxy) is 1. The van der Waals surface area contributed by atoms with E-state index in [0.29, 0.717) is 34.8 Å². The normalized spacial score (nSPS) is 22.9. The number of hydrogen-bond acceptors (Lipinski definition) is 13. The fourth-order valence-corrected chi connectivity index (χ4v) is 6.63. The molecule has 0 spiro atoms. The number of nitrogens with zero attached hydrogens (tertiary/aromatic N) is 4. The first-order valence-electron chi connectivity index (χ1n) is 8.96. The minimum atomic E-state index is -5.59. The van der Waals surface area contributed by atoms with Crippen LogP contribution in [-0.4, -0.2) is 69.3 Å². The Morgan fingerprint density at radius 1 is 1.15 bits per heavy atom. The van der Waals surface area contributed by atoms with Gasteiger partial charge in [0.1, 0.15) is 16.8 Å². The minimum absolute atomic E-state index is 0.00750. The number of aliphatic hydroxyl groups is 1. The SMILES string of the molecule is Nc1nc(SCCO)c2ncn(C3CCC(COP(=O)(O)OP(=O)(O)OP(=O)(O)O)O3)c2n1. The highest BCUT2D eigenvalue weighted by atomic mass is 32.2. The average Bonchev–Trinajstić information content (AvgIpc) is 3.28. The van der Waals surface area contributed by atoms with Crippen LogP contribution in [0.15, 0.2) is 11.4 Å². The standard InChI is InChI=1S/C12H20N5O12P3S/c13-12-15-10-9(11(16-12)33-4-3-18)14-6-17(10)8-2-1-7(27-8)5-26-31(22,23)29-32(24,25)28-30(19,20)21/h6-8,18H,1-5H2,(H,22,23)(H,24,25)(H2,13,15,16)(H2,19,20,21). The largest absolute Gasteiger partial charge is 0.490 e. The summed E-state index contributed by atoms with van der Waals surface area (Å²) in [6.45, 7) is -0.624. The van der Waals surface area contributed by atoms with E-state index in [1.807, 2.05) is 0 Å². The van der Waals surface area contributed by atoms with E-state index in [0.717, 1.165) is 0 Å². The van der Waals surface area contributed by atoms with Crippen molar-refractivity contribution in [3.8, 4) is 0 Å². The summed E-state index contributed by atoms with van der Waals surface area (Å²) in [6, 6.07) is 0. The van der Waals surface area contributed by atoms with E-state index in [1.165, 1.54) is 18.1 Å². The minimum Gasteiger partial charge on any atom is -0.396 e. The molecule has 2 aromatic heterocycles. The Hall–Kier alpha value is -0.970. The average molecular weight is 551 g/mol. The number of aliphatic hydroxyl groups excluding tert-OH is 1. The molecule has 0 radical (unpaired) electrons. The van der Waals surface area contributed by atoms with Gasteiger partial charge in [0.2, 0.25) is 5.95 Å². The predicted octanol–water partition coefficient (Wildman–Crippen LogP) is 0.514. The fraction of sp³-hybridized carbons (Fsp3) is 0.583. The predicted molar refractivity (Wildman–Crippen MR) is 111 cm³/mol. The van der Waals surface area contributed by atoms with Crippen molar-refractivity contribution in [1.29, 1.82) is 0 Å². The van der Waals surface area contributed by atoms with Crippen LogP contribution in [-0.2, 0) is 31.6 Å². The number of hydrogen-bond donors (Lipinski definition) is 6. The van der Waals surface area contributed by atoms with Gasteiger partial charge < -0.3 is 35.2 Å². The smallest absolute Gasteiger partial charge is 0.396 e. The molecule has 186 valence electrons. The van der Waals surface area contributed by atoms with Crippen LogP contribution in [0.25, 0.3) is 11.2 Å². The van der Waals surface area contributed by atoms with Gasteiger partial charge >= 0.3 is 23.5 Å². The van der Waals surface area contributed by atoms with Crippen LogP contribution in [0.1, 0.15) is 19.1 Å². The Kier molecular flexibility index (Phi) is 8.34. The summed E-state index contributed by atoms with van der Waals surface area (Å²) in [6.07, 6.45) is 0.859. The van der Waals surface area contributed by atoms with Gasteiger partial charge in [0.05, 0.1) is 25.6 Å². The van der Waals surface area contributed by atoms with E-state index in [9.17, 15) is 23.5 Å². The number of imidazole rings is 1. The van der Waals surface area contributed by atoms with Crippen molar-refractivity contribution in [2.45, 2.75) is 30.2 Å². The van der Waals surface area contributed by atoms with Gasteiger partial charge in [-0.15, -0.1) is 11.8 Å². The molecule has 4 atom stereocenters. The second kappa shape index (κ2) is 10.3. The van der Waals surface area contributed by atoms with Gasteiger partial charge in [0.25, 0.3) is 0 Å². The first-order chi connectivity index (χ1) is 15.3. The van der Waals surface area contributed by atoms with E-state index < -0.39 is 42.4 Å². The molecule has 2 aromatic rings. The number of nitrogen functional groups attached to an aromatic ring is 1. The maximum absolute atomic E-state index is 11.8. The van der Waals surface area contributed by atoms with Gasteiger partial charge in [0, 0.05) is 5.75 Å². The molecule has 21 heteroatoms. The lowest BCUT2D eigenvalue weighted by Gasteiger charge is -2.18. The third-order valence-corrected chi connectivity index (χ3v) is 8.72. The molecule has 1 fully saturated rings. The van der Waals surface area contributed by atoms with Crippen LogP contribution < -0.4 is 5.73 Å². The zero-order valence-corrected chi connectivity index (χ0v) is 20.0. The Balaban J connectivity index is 1.63. The fourth-order valence-electron chi connectivity index (χ4n) is 2.85. The maximum Gasteiger partial charge on any atom is 0.490 e. The molecule has 0 amide bonds. The second-order valence-electron chi connectivity index (χ2n) is 6.46. The molecule has 7 N–H and O–H groups in total. The Labute approximate surface area is 189 Å². The van der Waals surface area contributed by atoms with Crippen molar-refractivity contribution in [3.63, 3.8) is 0 Å². The monoisotopic (exact) mass is 551 g/mol. The van der Waals surface area contributed by atoms with E-state index in [2.05, 4.69) is 28.1 Å². The lowest BCUT2D eigenvalue weighted by atomic mass is 10.2. The van der Waals surface area contributed by atoms with Crippen molar-refractivity contribution in [1.82, 2.24) is 19.5 Å². The molecule has 3 rings (SSSR count). The van der Waals surface area contributed by atoms with Gasteiger partial charge in [0.15, 0.2) is 5.65 Å². The van der Waals surface area contributed by atoms with Crippen molar-refractivity contribution in [3.05, 3.63) is 6.33 Å². The third-order valence-electron chi connectivity index (χ3n) is 3.97. The molecule has 1 saturated heterocycles. The summed E-state index contributed by atoms with van der Waals surface area (Å²) in [5, 5.41) is 9.50. The summed E-state index contributed by atoms with van der Waals surface area (Å²) >= 11 is 1.25. The van der Waals surface area contributed by atoms with Crippen molar-refractivity contribution in [2.75, 3.05) is 24.7 Å². The molecule has 17 nitrogen and oxygen atoms in total. The van der Waals surface area contributed by atoms with E-state index in [4.69, 9.17) is 25.4 Å². The maximum atomic E-state index is 11.8. The van der Waals surface area contributed by atoms with E-state index in [-0.39, 0.29) is 12.6 Å². The zero-order chi connectivity index (χ0) is 24.4. The molecular weight excluding hydrogens is 531 g/mol. The zero-order valence-electron chi connectivity index (χ0n) is 16.5. The first-order valence-corrected chi connectivity index (χ1v) is 14.5. The van der Waals surface area contributed by atoms with Crippen LogP contribution >= 0.6 is 35.2 Å². The molecular formula is C12H20N5O12P3S. The summed E-state index contributed by atoms with van der Waals surface area (Å²) in [4.78, 5) is 48.3. The van der Waals surface area contributed by atoms with Gasteiger partial charge in [-0.3, -0.25) is 9.09 Å². The number of nitrogens with two attached hydrogens (primary N) is 1. The second-order valence-corrected chi connectivity index (χ2v) is 12.0. The molecule has 4 unspecified atom stereocenters. The summed E-state index contributed by atoms with van der Waals surface area (Å²) in [5.74, 6) is 0.369. The summed E-state index contributed by atoms with van der Waals surface area (Å²) in [7, 11) is -16.3. The number of phosphoric acid groups is 3. The van der Waals surface area contributed by atoms with Crippen LogP contribution in [0.2, 0.25) is 0 Å². The third kappa shape index (κ3) is 7.50. The van der Waals surface area contributed by atoms with Gasteiger partial charge in [-0.2, -0.15) is 13.6 Å². The molecule has 1 aliphatic heterocycles. The lowest BCUT2D eigenvalue weighted by Crippen LogP contribution is -2.16. The number of fused-ring (bicyclic) bond motifs is 1. The molecule has 3 heterocycles. The first kappa shape index (κ1) is 26.6. The number of thioether (sulfide) groups is 1.